The van der Waals surface area contributed by atoms with E-state index in [0.717, 1.165) is 30.5 Å². The second kappa shape index (κ2) is 7.70. The minimum absolute atomic E-state index is 0.564. The number of sulfone groups is 1. The second-order valence-electron chi connectivity index (χ2n) is 6.78. The van der Waals surface area contributed by atoms with Gasteiger partial charge >= 0.3 is 18.3 Å². The summed E-state index contributed by atoms with van der Waals surface area (Å²) in [6, 6.07) is 3.27. The molecular weight excluding hydrogens is 454 g/mol. The number of aromatic nitrogens is 1. The fourth-order valence-corrected chi connectivity index (χ4v) is 5.38. The van der Waals surface area contributed by atoms with Crippen molar-refractivity contribution in [3.63, 3.8) is 0 Å². The lowest BCUT2D eigenvalue weighted by molar-refractivity contribution is -0.140. The monoisotopic (exact) mass is 468 g/mol. The van der Waals surface area contributed by atoms with E-state index < -0.39 is 74.3 Å². The number of hydrogen-bond acceptors (Lipinski definition) is 5. The molecule has 1 aliphatic rings. The average Bonchev–Trinajstić information content (AvgIpc) is 3.13. The number of carbonyl (C=O) groups is 1. The molecule has 3 rings (SSSR count). The third kappa shape index (κ3) is 4.31. The van der Waals surface area contributed by atoms with Gasteiger partial charge in [0.2, 0.25) is 0 Å². The lowest BCUT2D eigenvalue weighted by Gasteiger charge is -2.25. The van der Waals surface area contributed by atoms with E-state index in [0.29, 0.717) is 17.0 Å². The van der Waals surface area contributed by atoms with Crippen LogP contribution in [0.3, 0.4) is 0 Å². The van der Waals surface area contributed by atoms with Crippen LogP contribution >= 0.6 is 0 Å². The molecule has 0 spiro atoms. The van der Waals surface area contributed by atoms with Crippen LogP contribution in [-0.4, -0.2) is 42.3 Å². The molecule has 0 unspecified atom stereocenters. The van der Waals surface area contributed by atoms with E-state index in [1.54, 1.807) is 0 Å². The highest BCUT2D eigenvalue weighted by atomic mass is 32.2. The zero-order valence-electron chi connectivity index (χ0n) is 15.4. The van der Waals surface area contributed by atoms with E-state index in [2.05, 4.69) is 4.98 Å². The molecule has 1 aromatic carbocycles. The van der Waals surface area contributed by atoms with Crippen LogP contribution in [0, 0.1) is 0 Å². The molecule has 2 heterocycles. The van der Waals surface area contributed by atoms with E-state index in [1.165, 1.54) is 0 Å². The Kier molecular flexibility index (Phi) is 5.67. The zero-order valence-corrected chi connectivity index (χ0v) is 16.2. The number of aliphatic carboxylic acids is 1. The molecule has 1 saturated heterocycles. The standard InChI is InChI=1S/C18H14F6N2O4S/c19-17(20,21)11-4-1-2-6-14(11)31(29,30)10-8-13(16(27)28)26(9-10)15-12(18(22,23)24)5-3-7-25-15/h1-7,10,13H,8-9H2,(H,27,28)/t10-,13+/m1/s1. The van der Waals surface area contributed by atoms with Gasteiger partial charge in [-0.25, -0.2) is 18.2 Å². The van der Waals surface area contributed by atoms with Crippen LogP contribution in [0.2, 0.25) is 0 Å². The third-order valence-corrected chi connectivity index (χ3v) is 7.04. The quantitative estimate of drug-likeness (QED) is 0.690. The summed E-state index contributed by atoms with van der Waals surface area (Å²) in [5.41, 5.74) is -2.72. The number of carboxylic acids is 1. The van der Waals surface area contributed by atoms with Crippen molar-refractivity contribution in [3.8, 4) is 0 Å². The number of halogens is 6. The van der Waals surface area contributed by atoms with Gasteiger partial charge in [-0.2, -0.15) is 26.3 Å². The van der Waals surface area contributed by atoms with E-state index in [1.807, 2.05) is 0 Å². The first-order valence-electron chi connectivity index (χ1n) is 8.66. The normalized spacial score (nSPS) is 20.1. The summed E-state index contributed by atoms with van der Waals surface area (Å²) in [7, 11) is -4.74. The number of rotatable bonds is 4. The molecule has 0 bridgehead atoms. The van der Waals surface area contributed by atoms with Gasteiger partial charge in [-0.1, -0.05) is 12.1 Å². The van der Waals surface area contributed by atoms with Gasteiger partial charge in [0.05, 0.1) is 21.3 Å². The summed E-state index contributed by atoms with van der Waals surface area (Å²) in [5.74, 6) is -2.43. The predicted molar refractivity (Wildman–Crippen MR) is 95.0 cm³/mol. The lowest BCUT2D eigenvalue weighted by Crippen LogP contribution is -2.38. The predicted octanol–water partition coefficient (Wildman–Crippen LogP) is 3.63. The Morgan fingerprint density at radius 1 is 1.00 bits per heavy atom. The molecule has 13 heteroatoms. The topological polar surface area (TPSA) is 87.6 Å². The van der Waals surface area contributed by atoms with E-state index in [-0.39, 0.29) is 0 Å². The third-order valence-electron chi connectivity index (χ3n) is 4.85. The molecule has 31 heavy (non-hydrogen) atoms. The first-order chi connectivity index (χ1) is 14.2. The van der Waals surface area contributed by atoms with Crippen LogP contribution in [0.1, 0.15) is 17.5 Å². The molecule has 0 aliphatic carbocycles. The van der Waals surface area contributed by atoms with Crippen molar-refractivity contribution >= 4 is 21.6 Å². The summed E-state index contributed by atoms with van der Waals surface area (Å²) in [4.78, 5) is 14.8. The van der Waals surface area contributed by atoms with Crippen molar-refractivity contribution in [2.75, 3.05) is 11.4 Å². The highest BCUT2D eigenvalue weighted by Gasteiger charge is 2.48. The van der Waals surface area contributed by atoms with Gasteiger partial charge in [0.15, 0.2) is 9.84 Å². The fraction of sp³-hybridized carbons (Fsp3) is 0.333. The summed E-state index contributed by atoms with van der Waals surface area (Å²) < 4.78 is 106. The number of anilines is 1. The van der Waals surface area contributed by atoms with Crippen molar-refractivity contribution in [2.45, 2.75) is 35.0 Å². The number of hydrogen-bond donors (Lipinski definition) is 1. The van der Waals surface area contributed by atoms with Crippen LogP contribution in [0.4, 0.5) is 32.2 Å². The Balaban J connectivity index is 2.07. The largest absolute Gasteiger partial charge is 0.480 e. The summed E-state index contributed by atoms with van der Waals surface area (Å²) >= 11 is 0. The molecule has 0 amide bonds. The summed E-state index contributed by atoms with van der Waals surface area (Å²) in [6.45, 7) is -0.772. The smallest absolute Gasteiger partial charge is 0.419 e. The molecule has 1 N–H and O–H groups in total. The molecule has 0 radical (unpaired) electrons. The highest BCUT2D eigenvalue weighted by Crippen LogP contribution is 2.41. The Morgan fingerprint density at radius 2 is 1.58 bits per heavy atom. The van der Waals surface area contributed by atoms with Crippen molar-refractivity contribution in [3.05, 3.63) is 53.7 Å². The average molecular weight is 468 g/mol. The minimum atomic E-state index is -5.00. The Labute approximate surface area is 172 Å². The SMILES string of the molecule is O=C(O)[C@@H]1C[C@@H](S(=O)(=O)c2ccccc2C(F)(F)F)CN1c1ncccc1C(F)(F)F. The van der Waals surface area contributed by atoms with Crippen molar-refractivity contribution < 1.29 is 44.7 Å². The molecule has 6 nitrogen and oxygen atoms in total. The Hall–Kier alpha value is -2.83. The Morgan fingerprint density at radius 3 is 2.16 bits per heavy atom. The van der Waals surface area contributed by atoms with Crippen LogP contribution in [0.15, 0.2) is 47.5 Å². The number of alkyl halides is 6. The van der Waals surface area contributed by atoms with Gasteiger partial charge in [0.1, 0.15) is 11.9 Å². The Bertz CT molecular complexity index is 1100. The minimum Gasteiger partial charge on any atom is -0.480 e. The maximum Gasteiger partial charge on any atom is 0.419 e. The van der Waals surface area contributed by atoms with Gasteiger partial charge in [0.25, 0.3) is 0 Å². The maximum absolute atomic E-state index is 13.4. The second-order valence-corrected chi connectivity index (χ2v) is 8.97. The number of carboxylic acid groups (broad SMARTS) is 1. The molecule has 1 aromatic heterocycles. The summed E-state index contributed by atoms with van der Waals surface area (Å²) in [6.07, 6.45) is -9.65. The number of benzene rings is 1. The molecule has 168 valence electrons. The number of nitrogens with zero attached hydrogens (tertiary/aromatic N) is 2. The van der Waals surface area contributed by atoms with Crippen LogP contribution < -0.4 is 4.90 Å². The van der Waals surface area contributed by atoms with Crippen LogP contribution in [0.25, 0.3) is 0 Å². The van der Waals surface area contributed by atoms with E-state index >= 15 is 0 Å². The van der Waals surface area contributed by atoms with Crippen molar-refractivity contribution in [1.82, 2.24) is 4.98 Å². The highest BCUT2D eigenvalue weighted by molar-refractivity contribution is 7.92. The van der Waals surface area contributed by atoms with E-state index in [4.69, 9.17) is 0 Å². The van der Waals surface area contributed by atoms with Gasteiger partial charge in [-0.15, -0.1) is 0 Å². The molecule has 2 aromatic rings. The summed E-state index contributed by atoms with van der Waals surface area (Å²) in [5, 5.41) is 7.76. The van der Waals surface area contributed by atoms with Crippen molar-refractivity contribution in [2.24, 2.45) is 0 Å². The van der Waals surface area contributed by atoms with Gasteiger partial charge < -0.3 is 10.0 Å². The van der Waals surface area contributed by atoms with Gasteiger partial charge in [-0.3, -0.25) is 0 Å². The number of pyridine rings is 1. The van der Waals surface area contributed by atoms with Crippen LogP contribution in [0.5, 0.6) is 0 Å². The maximum atomic E-state index is 13.4. The van der Waals surface area contributed by atoms with E-state index in [9.17, 15) is 44.7 Å². The van der Waals surface area contributed by atoms with Gasteiger partial charge in [-0.05, 0) is 30.7 Å². The first-order valence-corrected chi connectivity index (χ1v) is 10.2. The fourth-order valence-electron chi connectivity index (χ4n) is 3.47. The van der Waals surface area contributed by atoms with Gasteiger partial charge in [0, 0.05) is 12.7 Å². The molecule has 2 atom stereocenters. The molecule has 1 aliphatic heterocycles. The molecular formula is C18H14F6N2O4S. The molecule has 0 saturated carbocycles. The first kappa shape index (κ1) is 22.8. The lowest BCUT2D eigenvalue weighted by atomic mass is 10.2. The van der Waals surface area contributed by atoms with Crippen LogP contribution in [-0.2, 0) is 27.0 Å². The molecule has 1 fully saturated rings. The van der Waals surface area contributed by atoms with Crippen molar-refractivity contribution in [1.29, 1.82) is 0 Å². The zero-order chi connectivity index (χ0) is 23.2.